The van der Waals surface area contributed by atoms with Crippen molar-refractivity contribution in [3.63, 3.8) is 0 Å². The van der Waals surface area contributed by atoms with E-state index in [1.807, 2.05) is 19.3 Å². The highest BCUT2D eigenvalue weighted by Crippen LogP contribution is 2.43. The van der Waals surface area contributed by atoms with Crippen molar-refractivity contribution in [2.45, 2.75) is 22.6 Å². The molecule has 4 rings (SSSR count). The second-order valence-corrected chi connectivity index (χ2v) is 8.17. The van der Waals surface area contributed by atoms with Gasteiger partial charge in [0.05, 0.1) is 12.3 Å². The summed E-state index contributed by atoms with van der Waals surface area (Å²) in [6.45, 7) is 1.09. The highest BCUT2D eigenvalue weighted by atomic mass is 35.5. The van der Waals surface area contributed by atoms with Crippen LogP contribution in [0.4, 0.5) is 0 Å². The first kappa shape index (κ1) is 24.2. The Kier molecular flexibility index (Phi) is 9.47. The summed E-state index contributed by atoms with van der Waals surface area (Å²) >= 11 is 6.40. The molecule has 1 aromatic carbocycles. The first-order chi connectivity index (χ1) is 15.8. The summed E-state index contributed by atoms with van der Waals surface area (Å²) in [4.78, 5) is 7.44. The van der Waals surface area contributed by atoms with Crippen LogP contribution in [-0.2, 0) is 16.5 Å². The zero-order valence-electron chi connectivity index (χ0n) is 18.8. The van der Waals surface area contributed by atoms with Crippen molar-refractivity contribution >= 4 is 28.9 Å². The van der Waals surface area contributed by atoms with Crippen molar-refractivity contribution in [3.05, 3.63) is 84.4 Å². The molecule has 0 N–H and O–H groups in total. The molecular formula is C26H29ClN2O2S. The number of rotatable bonds is 7. The number of nitrogens with zero attached hydrogens (tertiary/aromatic N) is 2. The summed E-state index contributed by atoms with van der Waals surface area (Å²) in [5.74, 6) is 1.82. The van der Waals surface area contributed by atoms with Gasteiger partial charge in [-0.3, -0.25) is 0 Å². The summed E-state index contributed by atoms with van der Waals surface area (Å²) in [7, 11) is 3.73. The van der Waals surface area contributed by atoms with Gasteiger partial charge in [0.2, 0.25) is 0 Å². The Morgan fingerprint density at radius 1 is 1.06 bits per heavy atom. The lowest BCUT2D eigenvalue weighted by atomic mass is 10.1. The molecule has 0 fully saturated rings. The Morgan fingerprint density at radius 3 is 2.66 bits per heavy atom. The molecule has 32 heavy (non-hydrogen) atoms. The molecule has 0 atom stereocenters. The van der Waals surface area contributed by atoms with Gasteiger partial charge >= 0.3 is 0 Å². The molecule has 0 spiro atoms. The van der Waals surface area contributed by atoms with Crippen LogP contribution in [0.1, 0.15) is 18.5 Å². The Bertz CT molecular complexity index is 1060. The first-order valence-electron chi connectivity index (χ1n) is 10.5. The summed E-state index contributed by atoms with van der Waals surface area (Å²) < 4.78 is 13.1. The SMILES string of the molecule is CCl.COCCOC1=C/C(c2nc3n(C)cccc-3c2Sc2ccccc2)=C\CC\C=C\1. The van der Waals surface area contributed by atoms with E-state index in [4.69, 9.17) is 14.5 Å². The van der Waals surface area contributed by atoms with E-state index >= 15 is 0 Å². The number of hydrogen-bond donors (Lipinski definition) is 0. The predicted molar refractivity (Wildman–Crippen MR) is 134 cm³/mol. The van der Waals surface area contributed by atoms with Crippen LogP contribution in [0.3, 0.4) is 0 Å². The van der Waals surface area contributed by atoms with Gasteiger partial charge in [0.1, 0.15) is 18.2 Å². The standard InChI is InChI=1S/C25H26N2O2S.CH3Cl/c1-27-15-9-14-22-24(30-21-12-7-4-8-13-21)23(26-25(22)27)19-10-5-3-6-11-20(18-19)29-17-16-28-2;1-2/h4,6-15,18H,3,5,16-17H2,1-2H3;1H3/b11-6+,19-10+,20-18+;. The Morgan fingerprint density at radius 2 is 1.88 bits per heavy atom. The number of benzene rings is 1. The van der Waals surface area contributed by atoms with E-state index in [0.717, 1.165) is 41.3 Å². The molecule has 4 nitrogen and oxygen atoms in total. The summed E-state index contributed by atoms with van der Waals surface area (Å²) in [5.41, 5.74) is 3.27. The van der Waals surface area contributed by atoms with Crippen LogP contribution >= 0.6 is 23.4 Å². The lowest BCUT2D eigenvalue weighted by Gasteiger charge is -2.11. The molecule has 2 heterocycles. The Hall–Kier alpha value is -2.47. The Balaban J connectivity index is 0.00000141. The first-order valence-corrected chi connectivity index (χ1v) is 12.1. The lowest BCUT2D eigenvalue weighted by molar-refractivity contribution is 0.114. The number of ether oxygens (including phenoxy) is 2. The van der Waals surface area contributed by atoms with E-state index in [2.05, 4.69) is 76.9 Å². The number of fused-ring (bicyclic) bond motifs is 1. The fraction of sp³-hybridized carbons (Fsp3) is 0.269. The maximum Gasteiger partial charge on any atom is 0.141 e. The van der Waals surface area contributed by atoms with Crippen LogP contribution in [-0.4, -0.2) is 36.3 Å². The van der Waals surface area contributed by atoms with E-state index in [0.29, 0.717) is 13.2 Å². The molecule has 0 amide bonds. The molecule has 168 valence electrons. The van der Waals surface area contributed by atoms with E-state index < -0.39 is 0 Å². The Labute approximate surface area is 199 Å². The van der Waals surface area contributed by atoms with Gasteiger partial charge in [0.15, 0.2) is 0 Å². The molecule has 0 saturated heterocycles. The number of allylic oxidation sites excluding steroid dienone is 5. The van der Waals surface area contributed by atoms with Crippen LogP contribution in [0.2, 0.25) is 0 Å². The predicted octanol–water partition coefficient (Wildman–Crippen LogP) is 6.81. The van der Waals surface area contributed by atoms with Gasteiger partial charge < -0.3 is 14.0 Å². The normalized spacial score (nSPS) is 17.8. The maximum atomic E-state index is 5.94. The van der Waals surface area contributed by atoms with E-state index in [9.17, 15) is 0 Å². The van der Waals surface area contributed by atoms with Gasteiger partial charge in [-0.05, 0) is 49.3 Å². The molecule has 2 aliphatic heterocycles. The van der Waals surface area contributed by atoms with Crippen LogP contribution in [0, 0.1) is 0 Å². The van der Waals surface area contributed by atoms with Gasteiger partial charge in [-0.15, -0.1) is 11.6 Å². The summed E-state index contributed by atoms with van der Waals surface area (Å²) in [5, 5.41) is 0. The van der Waals surface area contributed by atoms with Crippen LogP contribution in [0.15, 0.2) is 88.5 Å². The molecule has 6 heteroatoms. The van der Waals surface area contributed by atoms with Crippen molar-refractivity contribution in [2.75, 3.05) is 26.7 Å². The van der Waals surface area contributed by atoms with Crippen LogP contribution in [0.5, 0.6) is 0 Å². The third-order valence-corrected chi connectivity index (χ3v) is 6.02. The zero-order chi connectivity index (χ0) is 22.8. The van der Waals surface area contributed by atoms with Gasteiger partial charge in [-0.2, -0.15) is 0 Å². The number of hydrogen-bond acceptors (Lipinski definition) is 4. The quantitative estimate of drug-likeness (QED) is 0.282. The molecule has 0 bridgehead atoms. The number of alkyl halides is 1. The minimum atomic E-state index is 0.525. The van der Waals surface area contributed by atoms with Gasteiger partial charge in [-0.25, -0.2) is 4.98 Å². The molecule has 0 unspecified atom stereocenters. The molecule has 1 aliphatic carbocycles. The average Bonchev–Trinajstić information content (AvgIpc) is 3.17. The number of methoxy groups -OCH3 is 1. The summed E-state index contributed by atoms with van der Waals surface area (Å²) in [6.07, 6.45) is 14.0. The third-order valence-electron chi connectivity index (χ3n) is 4.90. The van der Waals surface area contributed by atoms with E-state index in [1.165, 1.54) is 16.2 Å². The minimum Gasteiger partial charge on any atom is -0.491 e. The lowest BCUT2D eigenvalue weighted by Crippen LogP contribution is -2.01. The van der Waals surface area contributed by atoms with Gasteiger partial charge in [0.25, 0.3) is 0 Å². The second-order valence-electron chi connectivity index (χ2n) is 7.09. The van der Waals surface area contributed by atoms with Crippen LogP contribution in [0.25, 0.3) is 17.0 Å². The fourth-order valence-electron chi connectivity index (χ4n) is 3.40. The number of aromatic nitrogens is 2. The molecule has 0 saturated carbocycles. The van der Waals surface area contributed by atoms with Crippen LogP contribution < -0.4 is 0 Å². The third kappa shape index (κ3) is 6.06. The minimum absolute atomic E-state index is 0.525. The number of pyridine rings is 1. The zero-order valence-corrected chi connectivity index (χ0v) is 20.3. The van der Waals surface area contributed by atoms with Crippen molar-refractivity contribution in [1.82, 2.24) is 9.55 Å². The number of aryl methyl sites for hydroxylation is 1. The van der Waals surface area contributed by atoms with Crippen molar-refractivity contribution in [3.8, 4) is 11.4 Å². The highest BCUT2D eigenvalue weighted by Gasteiger charge is 2.22. The largest absolute Gasteiger partial charge is 0.491 e. The van der Waals surface area contributed by atoms with Gasteiger partial charge in [0, 0.05) is 47.7 Å². The van der Waals surface area contributed by atoms with Gasteiger partial charge in [-0.1, -0.05) is 42.1 Å². The second kappa shape index (κ2) is 12.5. The van der Waals surface area contributed by atoms with E-state index in [-0.39, 0.29) is 0 Å². The van der Waals surface area contributed by atoms with E-state index in [1.54, 1.807) is 18.9 Å². The van der Waals surface area contributed by atoms with Crippen molar-refractivity contribution in [2.24, 2.45) is 7.05 Å². The average molecular weight is 469 g/mol. The molecule has 0 radical (unpaired) electrons. The molecule has 0 aromatic heterocycles. The fourth-order valence-corrected chi connectivity index (χ4v) is 4.46. The smallest absolute Gasteiger partial charge is 0.141 e. The molecule has 1 aromatic rings. The molecular weight excluding hydrogens is 440 g/mol. The number of halogens is 1. The van der Waals surface area contributed by atoms with Crippen molar-refractivity contribution < 1.29 is 9.47 Å². The van der Waals surface area contributed by atoms with Crippen molar-refractivity contribution in [1.29, 1.82) is 0 Å². The monoisotopic (exact) mass is 468 g/mol. The topological polar surface area (TPSA) is 36.3 Å². The molecule has 3 aliphatic rings. The highest BCUT2D eigenvalue weighted by molar-refractivity contribution is 7.99. The maximum absolute atomic E-state index is 5.94. The summed E-state index contributed by atoms with van der Waals surface area (Å²) in [6, 6.07) is 14.7.